The lowest BCUT2D eigenvalue weighted by atomic mass is 9.65. The molecule has 238 valence electrons. The molecule has 0 bridgehead atoms. The maximum absolute atomic E-state index is 5.37. The van der Waals surface area contributed by atoms with Crippen LogP contribution in [-0.4, -0.2) is 12.3 Å². The number of nitrogens with zero attached hydrogens (tertiary/aromatic N) is 2. The van der Waals surface area contributed by atoms with Gasteiger partial charge in [0.15, 0.2) is 0 Å². The molecule has 4 heteroatoms. The second-order valence-electron chi connectivity index (χ2n) is 13.2. The molecule has 6 aromatic rings. The Labute approximate surface area is 292 Å². The summed E-state index contributed by atoms with van der Waals surface area (Å²) in [6.07, 6.45) is 6.56. The average Bonchev–Trinajstić information content (AvgIpc) is 3.49. The number of benzene rings is 6. The van der Waals surface area contributed by atoms with E-state index >= 15 is 0 Å². The summed E-state index contributed by atoms with van der Waals surface area (Å²) < 4.78 is 0. The van der Waals surface area contributed by atoms with Gasteiger partial charge in [-0.05, 0) is 69.8 Å². The Morgan fingerprint density at radius 1 is 0.620 bits per heavy atom. The predicted molar refractivity (Wildman–Crippen MR) is 205 cm³/mol. The molecule has 4 aliphatic rings. The van der Waals surface area contributed by atoms with E-state index in [1.165, 1.54) is 44.9 Å². The van der Waals surface area contributed by atoms with Crippen LogP contribution < -0.4 is 15.5 Å². The first-order valence-electron chi connectivity index (χ1n) is 17.3. The van der Waals surface area contributed by atoms with Crippen LogP contribution in [0.3, 0.4) is 0 Å². The molecule has 0 amide bonds. The first kappa shape index (κ1) is 28.6. The maximum atomic E-state index is 5.37. The number of allylic oxidation sites excluding steroid dienone is 4. The normalized spacial score (nSPS) is 17.8. The third-order valence-electron chi connectivity index (χ3n) is 10.5. The van der Waals surface area contributed by atoms with Crippen molar-refractivity contribution in [2.75, 3.05) is 11.4 Å². The van der Waals surface area contributed by atoms with Gasteiger partial charge in [0.05, 0.1) is 22.5 Å². The van der Waals surface area contributed by atoms with E-state index in [1.54, 1.807) is 0 Å². The molecule has 4 nitrogen and oxygen atoms in total. The molecule has 1 unspecified atom stereocenters. The zero-order valence-electron chi connectivity index (χ0n) is 27.4. The molecule has 0 fully saturated rings. The maximum Gasteiger partial charge on any atom is 0.145 e. The lowest BCUT2D eigenvalue weighted by Gasteiger charge is -2.46. The van der Waals surface area contributed by atoms with Gasteiger partial charge in [0.2, 0.25) is 0 Å². The van der Waals surface area contributed by atoms with Crippen LogP contribution in [0, 0.1) is 0 Å². The van der Waals surface area contributed by atoms with Gasteiger partial charge in [0.25, 0.3) is 0 Å². The van der Waals surface area contributed by atoms with Crippen LogP contribution in [0.15, 0.2) is 187 Å². The van der Waals surface area contributed by atoms with Crippen LogP contribution in [0.2, 0.25) is 0 Å². The van der Waals surface area contributed by atoms with Crippen molar-refractivity contribution < 1.29 is 0 Å². The van der Waals surface area contributed by atoms with Crippen molar-refractivity contribution in [1.29, 1.82) is 0 Å². The van der Waals surface area contributed by atoms with E-state index in [2.05, 4.69) is 191 Å². The SMILES string of the molecule is C1=CC2=C(NC1)C1(c3cc(C4=NC(c5ccccc5)NC(c5ccccc5)=C4)ccc32)c2ccccc2N(c2ccccc2)c2ccccc21. The van der Waals surface area contributed by atoms with E-state index in [0.717, 1.165) is 40.3 Å². The molecule has 1 spiro atoms. The number of aliphatic imine (C=N–C) groups is 1. The van der Waals surface area contributed by atoms with Gasteiger partial charge in [-0.1, -0.05) is 140 Å². The molecule has 0 radical (unpaired) electrons. The Morgan fingerprint density at radius 2 is 1.26 bits per heavy atom. The van der Waals surface area contributed by atoms with Crippen LogP contribution in [0.4, 0.5) is 17.1 Å². The van der Waals surface area contributed by atoms with Gasteiger partial charge >= 0.3 is 0 Å². The minimum absolute atomic E-state index is 0.208. The minimum Gasteiger partial charge on any atom is -0.383 e. The Balaban J connectivity index is 1.22. The van der Waals surface area contributed by atoms with Gasteiger partial charge in [0.1, 0.15) is 6.17 Å². The summed E-state index contributed by atoms with van der Waals surface area (Å²) in [7, 11) is 0. The lowest BCUT2D eigenvalue weighted by Crippen LogP contribution is -2.41. The molecule has 6 aromatic carbocycles. The van der Waals surface area contributed by atoms with Gasteiger partial charge in [-0.25, -0.2) is 0 Å². The highest BCUT2D eigenvalue weighted by molar-refractivity contribution is 6.13. The zero-order valence-corrected chi connectivity index (χ0v) is 27.4. The minimum atomic E-state index is -0.539. The smallest absolute Gasteiger partial charge is 0.145 e. The molecular weight excluding hydrogens is 609 g/mol. The molecular formula is C46H34N4. The highest BCUT2D eigenvalue weighted by Gasteiger charge is 2.53. The number of rotatable bonds is 4. The van der Waals surface area contributed by atoms with Crippen LogP contribution in [0.5, 0.6) is 0 Å². The van der Waals surface area contributed by atoms with Crippen molar-refractivity contribution in [1.82, 2.24) is 10.6 Å². The van der Waals surface area contributed by atoms with E-state index in [1.807, 2.05) is 0 Å². The van der Waals surface area contributed by atoms with Crippen molar-refractivity contribution in [3.63, 3.8) is 0 Å². The van der Waals surface area contributed by atoms with E-state index in [0.29, 0.717) is 0 Å². The molecule has 10 rings (SSSR count). The van der Waals surface area contributed by atoms with Crippen LogP contribution in [0.1, 0.15) is 45.1 Å². The Morgan fingerprint density at radius 3 is 1.98 bits per heavy atom. The Bertz CT molecular complexity index is 2360. The molecule has 0 aromatic heterocycles. The topological polar surface area (TPSA) is 39.7 Å². The summed E-state index contributed by atoms with van der Waals surface area (Å²) in [5.41, 5.74) is 16.0. The number of fused-ring (bicyclic) bond motifs is 8. The second-order valence-corrected chi connectivity index (χ2v) is 13.2. The van der Waals surface area contributed by atoms with Crippen molar-refractivity contribution in [3.8, 4) is 0 Å². The lowest BCUT2D eigenvalue weighted by molar-refractivity contribution is 0.657. The largest absolute Gasteiger partial charge is 0.383 e. The first-order chi connectivity index (χ1) is 24.8. The summed E-state index contributed by atoms with van der Waals surface area (Å²) in [6.45, 7) is 0.786. The number of nitrogens with one attached hydrogen (secondary N) is 2. The summed E-state index contributed by atoms with van der Waals surface area (Å²) in [6, 6.07) is 56.7. The van der Waals surface area contributed by atoms with Gasteiger partial charge in [-0.15, -0.1) is 0 Å². The number of anilines is 3. The van der Waals surface area contributed by atoms with Gasteiger partial charge in [0, 0.05) is 34.8 Å². The number of dihydropyridines is 1. The average molecular weight is 643 g/mol. The fourth-order valence-corrected chi connectivity index (χ4v) is 8.39. The second kappa shape index (κ2) is 11.4. The Hall–Kier alpha value is -6.39. The van der Waals surface area contributed by atoms with Crippen molar-refractivity contribution in [2.24, 2.45) is 4.99 Å². The molecule has 1 atom stereocenters. The molecule has 0 saturated carbocycles. The molecule has 50 heavy (non-hydrogen) atoms. The monoisotopic (exact) mass is 642 g/mol. The van der Waals surface area contributed by atoms with Crippen LogP contribution in [0.25, 0.3) is 11.3 Å². The zero-order chi connectivity index (χ0) is 33.1. The van der Waals surface area contributed by atoms with Crippen molar-refractivity contribution >= 4 is 34.0 Å². The first-order valence-corrected chi connectivity index (χ1v) is 17.3. The predicted octanol–water partition coefficient (Wildman–Crippen LogP) is 9.82. The van der Waals surface area contributed by atoms with Gasteiger partial charge < -0.3 is 15.5 Å². The third kappa shape index (κ3) is 4.21. The summed E-state index contributed by atoms with van der Waals surface area (Å²) >= 11 is 0. The van der Waals surface area contributed by atoms with E-state index < -0.39 is 5.41 Å². The summed E-state index contributed by atoms with van der Waals surface area (Å²) in [4.78, 5) is 7.79. The van der Waals surface area contributed by atoms with E-state index in [4.69, 9.17) is 4.99 Å². The molecule has 0 saturated heterocycles. The quantitative estimate of drug-likeness (QED) is 0.201. The van der Waals surface area contributed by atoms with E-state index in [-0.39, 0.29) is 6.17 Å². The highest BCUT2D eigenvalue weighted by Crippen LogP contribution is 2.62. The van der Waals surface area contributed by atoms with Crippen molar-refractivity contribution in [2.45, 2.75) is 11.6 Å². The summed E-state index contributed by atoms with van der Waals surface area (Å²) in [5, 5.41) is 7.63. The number of hydrogen-bond donors (Lipinski definition) is 2. The van der Waals surface area contributed by atoms with E-state index in [9.17, 15) is 0 Å². The van der Waals surface area contributed by atoms with Gasteiger partial charge in [-0.3, -0.25) is 4.99 Å². The van der Waals surface area contributed by atoms with Gasteiger partial charge in [-0.2, -0.15) is 0 Å². The molecule has 2 N–H and O–H groups in total. The molecule has 3 heterocycles. The van der Waals surface area contributed by atoms with Crippen LogP contribution in [-0.2, 0) is 5.41 Å². The van der Waals surface area contributed by atoms with Crippen LogP contribution >= 0.6 is 0 Å². The fourth-order valence-electron chi connectivity index (χ4n) is 8.39. The third-order valence-corrected chi connectivity index (χ3v) is 10.5. The standard InChI is InChI=1S/C46H34N4/c1-4-15-31(16-5-1)40-30-41(49-45(48-40)32-17-6-2-7-18-32)33-26-27-35-36-21-14-28-47-44(36)46(39(35)29-33)37-22-10-12-24-42(37)50(34-19-8-3-9-20-34)43-25-13-11-23-38(43)46/h1-27,29-30,45,47-48H,28H2. The number of hydrogen-bond acceptors (Lipinski definition) is 4. The number of para-hydroxylation sites is 3. The molecule has 1 aliphatic carbocycles. The highest BCUT2D eigenvalue weighted by atomic mass is 15.2. The fraction of sp³-hybridized carbons (Fsp3) is 0.0652. The van der Waals surface area contributed by atoms with Crippen molar-refractivity contribution in [3.05, 3.63) is 221 Å². The summed E-state index contributed by atoms with van der Waals surface area (Å²) in [5.74, 6) is 0. The molecule has 3 aliphatic heterocycles. The Kier molecular flexibility index (Phi) is 6.50.